The molecule has 1 aliphatic carbocycles. The minimum atomic E-state index is -1.03. The van der Waals surface area contributed by atoms with Crippen LogP contribution >= 0.6 is 11.6 Å². The van der Waals surface area contributed by atoms with Gasteiger partial charge in [-0.1, -0.05) is 35.9 Å². The lowest BCUT2D eigenvalue weighted by Gasteiger charge is -2.32. The Balaban J connectivity index is 1.20. The Labute approximate surface area is 299 Å². The summed E-state index contributed by atoms with van der Waals surface area (Å²) < 4.78 is 40.6. The van der Waals surface area contributed by atoms with Crippen LogP contribution in [0.4, 0.5) is 4.39 Å². The highest BCUT2D eigenvalue weighted by atomic mass is 35.5. The number of fused-ring (bicyclic) bond motifs is 8. The second kappa shape index (κ2) is 14.1. The Morgan fingerprint density at radius 1 is 0.961 bits per heavy atom. The summed E-state index contributed by atoms with van der Waals surface area (Å²) >= 11 is 7.16. The topological polar surface area (TPSA) is 90.7 Å². The summed E-state index contributed by atoms with van der Waals surface area (Å²) in [7, 11) is 3.47. The maximum Gasteiger partial charge on any atom is 0.347 e. The highest BCUT2D eigenvalue weighted by Crippen LogP contribution is 2.45. The molecule has 51 heavy (non-hydrogen) atoms. The van der Waals surface area contributed by atoms with Crippen LogP contribution < -0.4 is 14.2 Å². The van der Waals surface area contributed by atoms with E-state index in [1.807, 2.05) is 42.6 Å². The molecule has 3 heterocycles. The molecule has 264 valence electrons. The van der Waals surface area contributed by atoms with Crippen molar-refractivity contribution in [2.75, 3.05) is 60.1 Å². The van der Waals surface area contributed by atoms with Crippen LogP contribution in [0.25, 0.3) is 37.8 Å². The van der Waals surface area contributed by atoms with Gasteiger partial charge < -0.3 is 23.8 Å². The molecule has 0 radical (unpaired) electrons. The van der Waals surface area contributed by atoms with Crippen molar-refractivity contribution in [1.29, 1.82) is 0 Å². The quantitative estimate of drug-likeness (QED) is 0.103. The number of ether oxygens (including phenoxy) is 4. The molecule has 4 aromatic carbocycles. The van der Waals surface area contributed by atoms with E-state index in [-0.39, 0.29) is 18.1 Å². The maximum atomic E-state index is 14.9. The second-order valence-electron chi connectivity index (χ2n) is 13.5. The first-order valence-corrected chi connectivity index (χ1v) is 17.7. The van der Waals surface area contributed by atoms with Gasteiger partial charge in [-0.05, 0) is 77.9 Å². The molecule has 8 rings (SSSR count). The molecule has 0 unspecified atom stereocenters. The standard InChI is InChI=1S/C39H39ClFN5O5/c1-44-13-15-45(16-14-44)17-18-49-32-12-11-28-34(36(32)40)29-20-26(41)9-10-27(29)30-21-46-37(35(28)30)38(42-23-43-46)51-33(39(47)48-2)19-25-5-3-4-6-31(25)50-22-24-7-8-24/h3-6,9-12,20-21,23-24,33H,7-8,13-19,22H2,1-2H3/t33-/m0/s1. The minimum absolute atomic E-state index is 0.193. The summed E-state index contributed by atoms with van der Waals surface area (Å²) in [6, 6.07) is 16.1. The summed E-state index contributed by atoms with van der Waals surface area (Å²) in [5.41, 5.74) is 1.36. The Morgan fingerprint density at radius 2 is 1.76 bits per heavy atom. The fourth-order valence-corrected chi connectivity index (χ4v) is 7.27. The number of esters is 1. The van der Waals surface area contributed by atoms with Gasteiger partial charge in [0.2, 0.25) is 12.0 Å². The number of nitrogens with zero attached hydrogens (tertiary/aromatic N) is 5. The van der Waals surface area contributed by atoms with Gasteiger partial charge in [0.15, 0.2) is 0 Å². The van der Waals surface area contributed by atoms with Gasteiger partial charge in [0.25, 0.3) is 0 Å². The number of methoxy groups -OCH3 is 1. The molecule has 0 N–H and O–H groups in total. The Kier molecular flexibility index (Phi) is 9.26. The van der Waals surface area contributed by atoms with Gasteiger partial charge in [-0.2, -0.15) is 10.1 Å². The van der Waals surface area contributed by atoms with E-state index >= 15 is 0 Å². The molecule has 2 aromatic heterocycles. The van der Waals surface area contributed by atoms with E-state index in [2.05, 4.69) is 26.9 Å². The Hall–Kier alpha value is -4.71. The molecule has 1 saturated carbocycles. The van der Waals surface area contributed by atoms with Crippen LogP contribution in [0.1, 0.15) is 18.4 Å². The average Bonchev–Trinajstić information content (AvgIpc) is 3.89. The lowest BCUT2D eigenvalue weighted by Crippen LogP contribution is -2.45. The van der Waals surface area contributed by atoms with Crippen molar-refractivity contribution in [1.82, 2.24) is 24.4 Å². The van der Waals surface area contributed by atoms with Gasteiger partial charge in [0.1, 0.15) is 35.8 Å². The van der Waals surface area contributed by atoms with Crippen molar-refractivity contribution in [2.24, 2.45) is 5.92 Å². The van der Waals surface area contributed by atoms with E-state index in [4.69, 9.17) is 30.5 Å². The highest BCUT2D eigenvalue weighted by Gasteiger charge is 2.28. The maximum absolute atomic E-state index is 14.9. The van der Waals surface area contributed by atoms with E-state index in [9.17, 15) is 9.18 Å². The molecule has 12 heteroatoms. The zero-order valence-corrected chi connectivity index (χ0v) is 29.4. The van der Waals surface area contributed by atoms with Crippen LogP contribution in [0.3, 0.4) is 0 Å². The van der Waals surface area contributed by atoms with Gasteiger partial charge in [-0.15, -0.1) is 0 Å². The predicted molar refractivity (Wildman–Crippen MR) is 195 cm³/mol. The Bertz CT molecular complexity index is 2250. The van der Waals surface area contributed by atoms with E-state index in [1.165, 1.54) is 38.4 Å². The molecular formula is C39H39ClFN5O5. The third-order valence-electron chi connectivity index (χ3n) is 9.99. The number of carbonyl (C=O) groups is 1. The lowest BCUT2D eigenvalue weighted by molar-refractivity contribution is -0.148. The first-order valence-electron chi connectivity index (χ1n) is 17.4. The van der Waals surface area contributed by atoms with Gasteiger partial charge in [-0.25, -0.2) is 13.7 Å². The summed E-state index contributed by atoms with van der Waals surface area (Å²) in [6.45, 7) is 5.89. The lowest BCUT2D eigenvalue weighted by atomic mass is 9.95. The molecule has 2 aliphatic rings. The number of piperazine rings is 1. The number of carbonyl (C=O) groups excluding carboxylic acids is 1. The molecule has 0 bridgehead atoms. The first-order chi connectivity index (χ1) is 24.9. The van der Waals surface area contributed by atoms with Crippen molar-refractivity contribution in [3.8, 4) is 17.4 Å². The molecule has 1 saturated heterocycles. The minimum Gasteiger partial charge on any atom is -0.493 e. The summed E-state index contributed by atoms with van der Waals surface area (Å²) in [5.74, 6) is 1.07. The van der Waals surface area contributed by atoms with Crippen molar-refractivity contribution < 1.29 is 28.1 Å². The number of hydrogen-bond donors (Lipinski definition) is 0. The van der Waals surface area contributed by atoms with Crippen LogP contribution in [0.15, 0.2) is 67.1 Å². The normalized spacial score (nSPS) is 16.2. The molecule has 10 nitrogen and oxygen atoms in total. The van der Waals surface area contributed by atoms with Crippen LogP contribution in [0.5, 0.6) is 17.4 Å². The van der Waals surface area contributed by atoms with E-state index in [1.54, 1.807) is 10.6 Å². The van der Waals surface area contributed by atoms with Crippen LogP contribution in [0, 0.1) is 11.7 Å². The average molecular weight is 712 g/mol. The molecule has 0 amide bonds. The second-order valence-corrected chi connectivity index (χ2v) is 13.8. The van der Waals surface area contributed by atoms with Crippen molar-refractivity contribution in [2.45, 2.75) is 25.4 Å². The van der Waals surface area contributed by atoms with Crippen LogP contribution in [-0.2, 0) is 16.0 Å². The predicted octanol–water partition coefficient (Wildman–Crippen LogP) is 6.56. The molecule has 6 aromatic rings. The molecule has 2 fully saturated rings. The number of likely N-dealkylation sites (N-methyl/N-ethyl adjacent to an activating group) is 1. The van der Waals surface area contributed by atoms with E-state index < -0.39 is 12.1 Å². The number of benzene rings is 4. The molecule has 1 aliphatic heterocycles. The third-order valence-corrected chi connectivity index (χ3v) is 10.4. The van der Waals surface area contributed by atoms with Gasteiger partial charge in [0.05, 0.1) is 18.7 Å². The van der Waals surface area contributed by atoms with Crippen molar-refractivity contribution in [3.05, 3.63) is 83.5 Å². The van der Waals surface area contributed by atoms with Gasteiger partial charge in [0, 0.05) is 61.5 Å². The zero-order chi connectivity index (χ0) is 35.1. The Morgan fingerprint density at radius 3 is 2.57 bits per heavy atom. The summed E-state index contributed by atoms with van der Waals surface area (Å²) in [5, 5.41) is 9.26. The van der Waals surface area contributed by atoms with Crippen LogP contribution in [-0.4, -0.2) is 96.6 Å². The van der Waals surface area contributed by atoms with E-state index in [0.29, 0.717) is 51.9 Å². The highest BCUT2D eigenvalue weighted by molar-refractivity contribution is 6.42. The number of para-hydroxylation sites is 1. The fraction of sp³-hybridized carbons (Fsp3) is 0.359. The summed E-state index contributed by atoms with van der Waals surface area (Å²) in [4.78, 5) is 22.5. The zero-order valence-electron chi connectivity index (χ0n) is 28.6. The van der Waals surface area contributed by atoms with Crippen LogP contribution in [0.2, 0.25) is 5.02 Å². The monoisotopic (exact) mass is 711 g/mol. The smallest absolute Gasteiger partial charge is 0.347 e. The number of halogens is 2. The molecular weight excluding hydrogens is 673 g/mol. The molecule has 0 spiro atoms. The number of rotatable bonds is 12. The number of aromatic nitrogens is 3. The third kappa shape index (κ3) is 6.73. The van der Waals surface area contributed by atoms with Crippen molar-refractivity contribution >= 4 is 55.4 Å². The first kappa shape index (κ1) is 33.4. The number of hydrogen-bond acceptors (Lipinski definition) is 9. The van der Waals surface area contributed by atoms with Gasteiger partial charge in [-0.3, -0.25) is 4.90 Å². The summed E-state index contributed by atoms with van der Waals surface area (Å²) in [6.07, 6.45) is 4.74. The van der Waals surface area contributed by atoms with E-state index in [0.717, 1.165) is 59.8 Å². The fourth-order valence-electron chi connectivity index (χ4n) is 6.95. The van der Waals surface area contributed by atoms with Gasteiger partial charge >= 0.3 is 5.97 Å². The molecule has 1 atom stereocenters. The SMILES string of the molecule is COC(=O)[C@H](Cc1ccccc1OCC1CC1)Oc1ncnn2cc3c4ccc(F)cc4c4c(Cl)c(OCCN5CCN(C)CC5)ccc4c3c12. The largest absolute Gasteiger partial charge is 0.493 e. The van der Waals surface area contributed by atoms with Crippen molar-refractivity contribution in [3.63, 3.8) is 0 Å².